The monoisotopic (exact) mass is 981 g/mol. The third-order valence-electron chi connectivity index (χ3n) is 16.0. The minimum absolute atomic E-state index is 0.0166. The molecule has 15 nitrogen and oxygen atoms in total. The standard InChI is InChI=1S/C57H76N10O5/c1-33(2)44(65-57(70)71-7)28-41-27-39(13-8-11-35(41)5)53-61-31-45(63-53)37-18-20-47-42(26-37)29-49-43-19-17-38(46-32-62-54(64-46)48-15-10-24-66(48)56(69)52(58)34(3)4)30-50(43)72-51(67(47)49)21-16-36-12-9-14-40(25-36)55(68)60-23-22-59-6/h9,12,14,18,20,25-26,29-35,39,41,44,48,51-52,59H,8,10-11,13,15-17,19,21-24,27-28,58H2,1-7H3,(H,60,68)(H,61,63)(H,62,64)(H,65,70). The second-order valence-electron chi connectivity index (χ2n) is 21.5. The number of imidazole rings is 2. The molecular weight excluding hydrogens is 905 g/mol. The van der Waals surface area contributed by atoms with Crippen molar-refractivity contribution in [3.63, 3.8) is 0 Å². The number of methoxy groups -OCH3 is 1. The van der Waals surface area contributed by atoms with Gasteiger partial charge in [0.2, 0.25) is 5.91 Å². The van der Waals surface area contributed by atoms with Crippen LogP contribution in [0.25, 0.3) is 33.3 Å². The summed E-state index contributed by atoms with van der Waals surface area (Å²) < 4.78 is 14.5. The first-order valence-electron chi connectivity index (χ1n) is 26.6. The van der Waals surface area contributed by atoms with Gasteiger partial charge in [-0.3, -0.25) is 9.59 Å². The Morgan fingerprint density at radius 2 is 1.74 bits per heavy atom. The number of likely N-dealkylation sites (tertiary alicyclic amines) is 1. The van der Waals surface area contributed by atoms with Crippen LogP contribution in [0.4, 0.5) is 4.79 Å². The van der Waals surface area contributed by atoms with Gasteiger partial charge >= 0.3 is 6.09 Å². The van der Waals surface area contributed by atoms with Crippen molar-refractivity contribution in [1.82, 2.24) is 45.4 Å². The summed E-state index contributed by atoms with van der Waals surface area (Å²) in [6.45, 7) is 12.6. The Balaban J connectivity index is 0.997. The number of likely N-dealkylation sites (N-methyl/N-ethyl adjacent to an activating group) is 1. The minimum atomic E-state index is -0.539. The fraction of sp³-hybridized carbons (Fsp3) is 0.526. The van der Waals surface area contributed by atoms with Gasteiger partial charge in [-0.15, -0.1) is 0 Å². The first kappa shape index (κ1) is 50.7. The van der Waals surface area contributed by atoms with Crippen LogP contribution in [0.5, 0.6) is 0 Å². The van der Waals surface area contributed by atoms with Crippen molar-refractivity contribution >= 4 is 40.0 Å². The predicted molar refractivity (Wildman–Crippen MR) is 283 cm³/mol. The maximum absolute atomic E-state index is 13.4. The highest BCUT2D eigenvalue weighted by Gasteiger charge is 2.37. The molecule has 0 radical (unpaired) electrons. The Labute approximate surface area is 424 Å². The molecule has 7 N–H and O–H groups in total. The lowest BCUT2D eigenvalue weighted by atomic mass is 9.80. The average molecular weight is 981 g/mol. The number of benzene rings is 2. The van der Waals surface area contributed by atoms with Crippen LogP contribution in [0.1, 0.15) is 156 Å². The topological polar surface area (TPSA) is 197 Å². The molecule has 2 aliphatic heterocycles. The number of fused-ring (bicyclic) bond motifs is 4. The maximum Gasteiger partial charge on any atom is 0.407 e. The molecule has 384 valence electrons. The molecule has 1 saturated carbocycles. The van der Waals surface area contributed by atoms with Crippen LogP contribution in [0.2, 0.25) is 0 Å². The van der Waals surface area contributed by atoms with Gasteiger partial charge in [0, 0.05) is 60.1 Å². The predicted octanol–water partition coefficient (Wildman–Crippen LogP) is 9.78. The van der Waals surface area contributed by atoms with Crippen molar-refractivity contribution in [1.29, 1.82) is 0 Å². The van der Waals surface area contributed by atoms with Gasteiger partial charge < -0.3 is 50.6 Å². The summed E-state index contributed by atoms with van der Waals surface area (Å²) in [5, 5.41) is 10.3. The number of aromatic nitrogens is 5. The number of amides is 3. The number of carbonyl (C=O) groups excluding carboxylic acids is 3. The molecule has 5 heterocycles. The van der Waals surface area contributed by atoms with Gasteiger partial charge in [-0.1, -0.05) is 65.7 Å². The lowest BCUT2D eigenvalue weighted by Crippen LogP contribution is -2.46. The van der Waals surface area contributed by atoms with Gasteiger partial charge in [0.05, 0.1) is 54.2 Å². The first-order valence-corrected chi connectivity index (χ1v) is 26.6. The molecule has 4 aliphatic rings. The average Bonchev–Trinajstić information content (AvgIpc) is 4.22. The smallest absolute Gasteiger partial charge is 0.407 e. The summed E-state index contributed by atoms with van der Waals surface area (Å²) in [5.41, 5.74) is 15.6. The van der Waals surface area contributed by atoms with Gasteiger partial charge in [-0.25, -0.2) is 14.8 Å². The largest absolute Gasteiger partial charge is 0.470 e. The Bertz CT molecular complexity index is 2800. The van der Waals surface area contributed by atoms with Crippen molar-refractivity contribution in [2.45, 2.75) is 136 Å². The molecule has 0 spiro atoms. The number of ether oxygens (including phenoxy) is 2. The van der Waals surface area contributed by atoms with Crippen molar-refractivity contribution < 1.29 is 23.9 Å². The number of H-pyrrole nitrogens is 2. The van der Waals surface area contributed by atoms with Crippen LogP contribution >= 0.6 is 0 Å². The summed E-state index contributed by atoms with van der Waals surface area (Å²) in [5.74, 6) is 4.24. The second-order valence-corrected chi connectivity index (χ2v) is 21.5. The fourth-order valence-electron chi connectivity index (χ4n) is 11.6. The summed E-state index contributed by atoms with van der Waals surface area (Å²) in [6, 6.07) is 16.3. The van der Waals surface area contributed by atoms with E-state index in [1.807, 2.05) is 56.4 Å². The molecule has 7 atom stereocenters. The van der Waals surface area contributed by atoms with E-state index in [2.05, 4.69) is 87.7 Å². The van der Waals surface area contributed by atoms with E-state index in [0.29, 0.717) is 61.7 Å². The quantitative estimate of drug-likeness (QED) is 0.0388. The number of nitrogens with two attached hydrogens (primary N) is 1. The molecule has 9 rings (SSSR count). The van der Waals surface area contributed by atoms with E-state index in [1.54, 1.807) is 0 Å². The summed E-state index contributed by atoms with van der Waals surface area (Å²) in [7, 11) is 3.30. The van der Waals surface area contributed by atoms with Crippen LogP contribution in [0, 0.1) is 23.7 Å². The lowest BCUT2D eigenvalue weighted by molar-refractivity contribution is -0.134. The molecular formula is C57H76N10O5. The van der Waals surface area contributed by atoms with Gasteiger partial charge in [0.25, 0.3) is 5.91 Å². The first-order chi connectivity index (χ1) is 34.8. The highest BCUT2D eigenvalue weighted by Crippen LogP contribution is 2.46. The molecule has 3 aromatic heterocycles. The van der Waals surface area contributed by atoms with Crippen LogP contribution in [-0.4, -0.2) is 93.2 Å². The van der Waals surface area contributed by atoms with Crippen LogP contribution in [0.15, 0.2) is 72.8 Å². The van der Waals surface area contributed by atoms with Crippen LogP contribution in [0.3, 0.4) is 0 Å². The number of allylic oxidation sites excluding steroid dienone is 3. The van der Waals surface area contributed by atoms with Crippen molar-refractivity contribution in [2.75, 3.05) is 33.8 Å². The van der Waals surface area contributed by atoms with Crippen molar-refractivity contribution in [2.24, 2.45) is 29.4 Å². The molecule has 0 bridgehead atoms. The zero-order chi connectivity index (χ0) is 50.6. The van der Waals surface area contributed by atoms with Gasteiger partial charge in [0.1, 0.15) is 17.4 Å². The third kappa shape index (κ3) is 10.9. The molecule has 3 amide bonds. The highest BCUT2D eigenvalue weighted by molar-refractivity contribution is 5.94. The van der Waals surface area contributed by atoms with Crippen molar-refractivity contribution in [3.05, 3.63) is 107 Å². The van der Waals surface area contributed by atoms with E-state index in [1.165, 1.54) is 12.7 Å². The van der Waals surface area contributed by atoms with Crippen LogP contribution in [-0.2, 0) is 20.7 Å². The van der Waals surface area contributed by atoms with Crippen LogP contribution < -0.4 is 21.7 Å². The number of hydrogen-bond acceptors (Lipinski definition) is 9. The number of nitrogens with one attached hydrogen (secondary N) is 5. The SMILES string of the molecule is CNCCNC(=O)c1cccc(CCC2OC3=C(CCC(c4cnc(C5CCCN5C(=O)C(N)C(C)C)[nH]4)=C3)c3cc4cc(-c5cnc(C6CCCC(C)C(CC(NC(=O)OC)C(C)C)C6)[nH]5)ccc4n32)c1. The number of alkyl carbamates (subject to hydrolysis) is 1. The summed E-state index contributed by atoms with van der Waals surface area (Å²) in [6.07, 6.45) is 15.4. The van der Waals surface area contributed by atoms with Crippen molar-refractivity contribution in [3.8, 4) is 11.3 Å². The molecule has 7 unspecified atom stereocenters. The normalized spacial score (nSPS) is 22.0. The number of carbonyl (C=O) groups is 3. The zero-order valence-electron chi connectivity index (χ0n) is 43.4. The molecule has 2 aromatic carbocycles. The minimum Gasteiger partial charge on any atom is -0.470 e. The Morgan fingerprint density at radius 3 is 2.53 bits per heavy atom. The Morgan fingerprint density at radius 1 is 0.931 bits per heavy atom. The van der Waals surface area contributed by atoms with Gasteiger partial charge in [-0.05, 0) is 130 Å². The number of aryl methyl sites for hydroxylation is 1. The highest BCUT2D eigenvalue weighted by atomic mass is 16.5. The lowest BCUT2D eigenvalue weighted by Gasteiger charge is -2.33. The van der Waals surface area contributed by atoms with E-state index in [0.717, 1.165) is 120 Å². The van der Waals surface area contributed by atoms with E-state index >= 15 is 0 Å². The van der Waals surface area contributed by atoms with E-state index in [4.69, 9.17) is 25.2 Å². The van der Waals surface area contributed by atoms with E-state index in [9.17, 15) is 14.4 Å². The van der Waals surface area contributed by atoms with E-state index < -0.39 is 6.04 Å². The Hall–Kier alpha value is -6.19. The summed E-state index contributed by atoms with van der Waals surface area (Å²) >= 11 is 0. The number of aromatic amines is 2. The zero-order valence-corrected chi connectivity index (χ0v) is 43.4. The maximum atomic E-state index is 13.4. The Kier molecular flexibility index (Phi) is 15.7. The summed E-state index contributed by atoms with van der Waals surface area (Å²) in [4.78, 5) is 57.9. The molecule has 5 aromatic rings. The van der Waals surface area contributed by atoms with Gasteiger partial charge in [0.15, 0.2) is 6.23 Å². The molecule has 2 fully saturated rings. The molecule has 15 heteroatoms. The number of nitrogens with zero attached hydrogens (tertiary/aromatic N) is 4. The second kappa shape index (κ2) is 22.3. The molecule has 72 heavy (non-hydrogen) atoms. The number of hydrogen-bond donors (Lipinski definition) is 6. The van der Waals surface area contributed by atoms with E-state index in [-0.39, 0.29) is 42.1 Å². The third-order valence-corrected chi connectivity index (χ3v) is 16.0. The molecule has 2 aliphatic carbocycles. The molecule has 1 saturated heterocycles. The number of rotatable bonds is 17. The van der Waals surface area contributed by atoms with Gasteiger partial charge in [-0.2, -0.15) is 0 Å². The fourth-order valence-corrected chi connectivity index (χ4v) is 11.6.